The largest absolute Gasteiger partial charge is 0.321 e. The fourth-order valence-corrected chi connectivity index (χ4v) is 4.11. The van der Waals surface area contributed by atoms with E-state index >= 15 is 0 Å². The van der Waals surface area contributed by atoms with E-state index in [0.29, 0.717) is 17.0 Å². The lowest BCUT2D eigenvalue weighted by atomic mass is 10.0. The molecule has 2 N–H and O–H groups in total. The van der Waals surface area contributed by atoms with Crippen molar-refractivity contribution >= 4 is 35.3 Å². The quantitative estimate of drug-likeness (QED) is 0.222. The van der Waals surface area contributed by atoms with Crippen molar-refractivity contribution < 1.29 is 9.59 Å². The number of anilines is 1. The van der Waals surface area contributed by atoms with E-state index in [2.05, 4.69) is 16.7 Å². The van der Waals surface area contributed by atoms with Crippen LogP contribution in [0.5, 0.6) is 0 Å². The van der Waals surface area contributed by atoms with Gasteiger partial charge in [0.2, 0.25) is 0 Å². The van der Waals surface area contributed by atoms with E-state index in [0.717, 1.165) is 21.6 Å². The molecule has 0 aromatic heterocycles. The normalized spacial score (nSPS) is 10.8. The van der Waals surface area contributed by atoms with Crippen LogP contribution in [0.25, 0.3) is 17.2 Å². The van der Waals surface area contributed by atoms with Gasteiger partial charge in [-0.25, -0.2) is 0 Å². The number of carbonyl (C=O) groups excluding carboxylic acids is 2. The molecule has 36 heavy (non-hydrogen) atoms. The van der Waals surface area contributed by atoms with Gasteiger partial charge in [-0.3, -0.25) is 9.59 Å². The van der Waals surface area contributed by atoms with E-state index < -0.39 is 5.91 Å². The zero-order chi connectivity index (χ0) is 25.2. The number of carbonyl (C=O) groups is 2. The molecule has 0 spiro atoms. The number of nitrogens with zero attached hydrogens (tertiary/aromatic N) is 1. The predicted molar refractivity (Wildman–Crippen MR) is 145 cm³/mol. The van der Waals surface area contributed by atoms with Gasteiger partial charge in [0, 0.05) is 16.1 Å². The van der Waals surface area contributed by atoms with Crippen LogP contribution in [0.2, 0.25) is 0 Å². The van der Waals surface area contributed by atoms with Gasteiger partial charge in [-0.05, 0) is 53.1 Å². The Balaban J connectivity index is 1.59. The highest BCUT2D eigenvalue weighted by Gasteiger charge is 2.15. The molecule has 0 saturated carbocycles. The third-order valence-electron chi connectivity index (χ3n) is 5.25. The Labute approximate surface area is 214 Å². The average molecular weight is 490 g/mol. The number of thioether (sulfide) groups is 1. The Bertz CT molecular complexity index is 1410. The van der Waals surface area contributed by atoms with Crippen molar-refractivity contribution in [3.63, 3.8) is 0 Å². The summed E-state index contributed by atoms with van der Waals surface area (Å²) in [7, 11) is 0. The van der Waals surface area contributed by atoms with Crippen LogP contribution in [0.3, 0.4) is 0 Å². The van der Waals surface area contributed by atoms with Gasteiger partial charge in [0.05, 0.1) is 11.8 Å². The minimum absolute atomic E-state index is 0.117. The standard InChI is InChI=1S/C30H23N3O2S/c31-18-19-36-27-13-7-12-26(21-27)32-30(35)28(33-29(34)25-10-5-2-6-11-25)20-22-14-16-24(17-15-22)23-8-3-1-4-9-23/h1-17,20-21H,19H2,(H,32,35)(H,33,34)/b28-20+. The highest BCUT2D eigenvalue weighted by molar-refractivity contribution is 7.99. The second-order valence-corrected chi connectivity index (χ2v) is 8.84. The molecule has 6 heteroatoms. The van der Waals surface area contributed by atoms with Crippen molar-refractivity contribution in [1.29, 1.82) is 5.26 Å². The minimum Gasteiger partial charge on any atom is -0.321 e. The van der Waals surface area contributed by atoms with Crippen molar-refractivity contribution in [3.05, 3.63) is 126 Å². The topological polar surface area (TPSA) is 82.0 Å². The van der Waals surface area contributed by atoms with Crippen LogP contribution < -0.4 is 10.6 Å². The second kappa shape index (κ2) is 12.2. The molecule has 2 amide bonds. The van der Waals surface area contributed by atoms with Crippen molar-refractivity contribution in [2.24, 2.45) is 0 Å². The van der Waals surface area contributed by atoms with Crippen LogP contribution >= 0.6 is 11.8 Å². The van der Waals surface area contributed by atoms with E-state index in [1.165, 1.54) is 11.8 Å². The number of nitrogens with one attached hydrogen (secondary N) is 2. The molecule has 4 aromatic rings. The highest BCUT2D eigenvalue weighted by atomic mass is 32.2. The highest BCUT2D eigenvalue weighted by Crippen LogP contribution is 2.23. The van der Waals surface area contributed by atoms with E-state index in [4.69, 9.17) is 5.26 Å². The summed E-state index contributed by atoms with van der Waals surface area (Å²) < 4.78 is 0. The molecule has 0 aliphatic rings. The molecule has 4 aromatic carbocycles. The first-order valence-electron chi connectivity index (χ1n) is 11.3. The molecule has 0 aliphatic carbocycles. The summed E-state index contributed by atoms with van der Waals surface area (Å²) in [6.07, 6.45) is 1.65. The van der Waals surface area contributed by atoms with Gasteiger partial charge < -0.3 is 10.6 Å². The average Bonchev–Trinajstić information content (AvgIpc) is 2.93. The molecule has 5 nitrogen and oxygen atoms in total. The van der Waals surface area contributed by atoms with Crippen molar-refractivity contribution in [2.45, 2.75) is 4.90 Å². The summed E-state index contributed by atoms with van der Waals surface area (Å²) in [4.78, 5) is 27.0. The molecule has 0 bridgehead atoms. The Morgan fingerprint density at radius 3 is 2.17 bits per heavy atom. The molecule has 4 rings (SSSR count). The lowest BCUT2D eigenvalue weighted by molar-refractivity contribution is -0.113. The maximum Gasteiger partial charge on any atom is 0.272 e. The molecule has 0 unspecified atom stereocenters. The maximum atomic E-state index is 13.2. The van der Waals surface area contributed by atoms with E-state index in [9.17, 15) is 9.59 Å². The first-order chi connectivity index (χ1) is 17.6. The third-order valence-corrected chi connectivity index (χ3v) is 6.11. The molecule has 0 aliphatic heterocycles. The molecular formula is C30H23N3O2S. The fourth-order valence-electron chi connectivity index (χ4n) is 3.49. The van der Waals surface area contributed by atoms with Gasteiger partial charge in [-0.15, -0.1) is 11.8 Å². The lowest BCUT2D eigenvalue weighted by Crippen LogP contribution is -2.30. The number of hydrogen-bond acceptors (Lipinski definition) is 4. The van der Waals surface area contributed by atoms with Gasteiger partial charge in [0.15, 0.2) is 0 Å². The maximum absolute atomic E-state index is 13.2. The van der Waals surface area contributed by atoms with Gasteiger partial charge in [-0.2, -0.15) is 5.26 Å². The Morgan fingerprint density at radius 1 is 0.806 bits per heavy atom. The van der Waals surface area contributed by atoms with Crippen LogP contribution in [0.1, 0.15) is 15.9 Å². The van der Waals surface area contributed by atoms with Gasteiger partial charge in [-0.1, -0.05) is 78.9 Å². The molecule has 0 fully saturated rings. The number of amides is 2. The summed E-state index contributed by atoms with van der Waals surface area (Å²) in [6, 6.07) is 35.9. The molecular weight excluding hydrogens is 466 g/mol. The molecule has 0 atom stereocenters. The monoisotopic (exact) mass is 489 g/mol. The molecule has 0 saturated heterocycles. The van der Waals surface area contributed by atoms with Gasteiger partial charge in [0.1, 0.15) is 5.70 Å². The summed E-state index contributed by atoms with van der Waals surface area (Å²) in [6.45, 7) is 0. The van der Waals surface area contributed by atoms with E-state index in [-0.39, 0.29) is 11.6 Å². The molecule has 0 radical (unpaired) electrons. The number of benzene rings is 4. The summed E-state index contributed by atoms with van der Waals surface area (Å²) in [5, 5.41) is 14.4. The van der Waals surface area contributed by atoms with Crippen LogP contribution in [-0.2, 0) is 4.79 Å². The minimum atomic E-state index is -0.450. The van der Waals surface area contributed by atoms with Gasteiger partial charge in [0.25, 0.3) is 11.8 Å². The molecule has 176 valence electrons. The van der Waals surface area contributed by atoms with Crippen molar-refractivity contribution in [3.8, 4) is 17.2 Å². The summed E-state index contributed by atoms with van der Waals surface area (Å²) in [5.41, 5.74) is 4.06. The Hall–Kier alpha value is -4.60. The zero-order valence-electron chi connectivity index (χ0n) is 19.3. The molecule has 0 heterocycles. The van der Waals surface area contributed by atoms with E-state index in [1.54, 1.807) is 42.5 Å². The van der Waals surface area contributed by atoms with Crippen LogP contribution in [0.4, 0.5) is 5.69 Å². The zero-order valence-corrected chi connectivity index (χ0v) is 20.2. The first kappa shape index (κ1) is 24.5. The van der Waals surface area contributed by atoms with Crippen LogP contribution in [0.15, 0.2) is 120 Å². The number of hydrogen-bond donors (Lipinski definition) is 2. The van der Waals surface area contributed by atoms with Crippen LogP contribution in [-0.4, -0.2) is 17.6 Å². The van der Waals surface area contributed by atoms with Gasteiger partial charge >= 0.3 is 0 Å². The van der Waals surface area contributed by atoms with Crippen molar-refractivity contribution in [1.82, 2.24) is 5.32 Å². The predicted octanol–water partition coefficient (Wildman–Crippen LogP) is 6.38. The first-order valence-corrected chi connectivity index (χ1v) is 12.3. The lowest BCUT2D eigenvalue weighted by Gasteiger charge is -2.12. The van der Waals surface area contributed by atoms with Crippen LogP contribution in [0, 0.1) is 11.3 Å². The summed E-state index contributed by atoms with van der Waals surface area (Å²) in [5.74, 6) is -0.514. The Kier molecular flexibility index (Phi) is 8.31. The smallest absolute Gasteiger partial charge is 0.272 e. The SMILES string of the molecule is N#CCSc1cccc(NC(=O)/C(=C\c2ccc(-c3ccccc3)cc2)NC(=O)c2ccccc2)c1. The number of rotatable bonds is 8. The Morgan fingerprint density at radius 2 is 1.47 bits per heavy atom. The second-order valence-electron chi connectivity index (χ2n) is 7.79. The van der Waals surface area contributed by atoms with Crippen molar-refractivity contribution in [2.75, 3.05) is 11.1 Å². The fraction of sp³-hybridized carbons (Fsp3) is 0.0333. The third kappa shape index (κ3) is 6.72. The van der Waals surface area contributed by atoms with E-state index in [1.807, 2.05) is 72.8 Å². The number of nitriles is 1. The summed E-state index contributed by atoms with van der Waals surface area (Å²) >= 11 is 1.38.